The lowest BCUT2D eigenvalue weighted by molar-refractivity contribution is -0.123. The molecule has 0 atom stereocenters. The Morgan fingerprint density at radius 1 is 0.939 bits per heavy atom. The number of nitrogens with one attached hydrogen (secondary N) is 1. The fourth-order valence-corrected chi connectivity index (χ4v) is 2.99. The molecular formula is C24H20Cl2N2O5. The quantitative estimate of drug-likeness (QED) is 0.196. The standard InChI is InChI=1S/C24H20Cl2N2O5/c1-2-31-21-13-16(11-12-19(21)33-24(30)17-7-4-3-5-8-17)14-27-28-22(29)15-32-20-10-6-9-18(25)23(20)26/h3-14H,2,15H2,1H3,(H,28,29)/b27-14-. The van der Waals surface area contributed by atoms with E-state index in [9.17, 15) is 9.59 Å². The van der Waals surface area contributed by atoms with Crippen LogP contribution in [0.2, 0.25) is 10.0 Å². The van der Waals surface area contributed by atoms with Crippen molar-refractivity contribution in [3.05, 3.63) is 87.9 Å². The van der Waals surface area contributed by atoms with Gasteiger partial charge in [-0.25, -0.2) is 10.2 Å². The van der Waals surface area contributed by atoms with Gasteiger partial charge in [0.2, 0.25) is 0 Å². The van der Waals surface area contributed by atoms with Gasteiger partial charge >= 0.3 is 5.97 Å². The van der Waals surface area contributed by atoms with Crippen LogP contribution in [0.25, 0.3) is 0 Å². The van der Waals surface area contributed by atoms with E-state index in [1.54, 1.807) is 60.7 Å². The Morgan fingerprint density at radius 3 is 2.48 bits per heavy atom. The first-order chi connectivity index (χ1) is 16.0. The third-order valence-corrected chi connectivity index (χ3v) is 4.96. The molecule has 0 aliphatic carbocycles. The molecule has 0 aromatic heterocycles. The Labute approximate surface area is 200 Å². The molecule has 0 unspecified atom stereocenters. The van der Waals surface area contributed by atoms with Crippen molar-refractivity contribution in [1.29, 1.82) is 0 Å². The van der Waals surface area contributed by atoms with Gasteiger partial charge < -0.3 is 14.2 Å². The van der Waals surface area contributed by atoms with Crippen molar-refractivity contribution < 1.29 is 23.8 Å². The molecule has 9 heteroatoms. The van der Waals surface area contributed by atoms with Crippen LogP contribution in [-0.2, 0) is 4.79 Å². The van der Waals surface area contributed by atoms with Crippen LogP contribution >= 0.6 is 23.2 Å². The van der Waals surface area contributed by atoms with Crippen molar-refractivity contribution in [3.63, 3.8) is 0 Å². The minimum atomic E-state index is -0.495. The van der Waals surface area contributed by atoms with Crippen LogP contribution in [0.15, 0.2) is 71.8 Å². The first-order valence-corrected chi connectivity index (χ1v) is 10.7. The topological polar surface area (TPSA) is 86.2 Å². The largest absolute Gasteiger partial charge is 0.490 e. The van der Waals surface area contributed by atoms with E-state index in [1.165, 1.54) is 6.21 Å². The van der Waals surface area contributed by atoms with Gasteiger partial charge in [-0.05, 0) is 55.0 Å². The number of esters is 1. The molecule has 1 amide bonds. The minimum absolute atomic E-state index is 0.229. The molecule has 0 bridgehead atoms. The SMILES string of the molecule is CCOc1cc(/C=N\NC(=O)COc2cccc(Cl)c2Cl)ccc1OC(=O)c1ccccc1. The number of rotatable bonds is 9. The molecule has 0 aliphatic heterocycles. The number of halogens is 2. The highest BCUT2D eigenvalue weighted by Gasteiger charge is 2.13. The monoisotopic (exact) mass is 486 g/mol. The summed E-state index contributed by atoms with van der Waals surface area (Å²) in [5, 5.41) is 4.46. The lowest BCUT2D eigenvalue weighted by Gasteiger charge is -2.11. The van der Waals surface area contributed by atoms with E-state index >= 15 is 0 Å². The van der Waals surface area contributed by atoms with Crippen molar-refractivity contribution in [2.75, 3.05) is 13.2 Å². The molecule has 3 aromatic rings. The Bertz CT molecular complexity index is 1150. The summed E-state index contributed by atoms with van der Waals surface area (Å²) in [5.41, 5.74) is 3.41. The average Bonchev–Trinajstić information content (AvgIpc) is 2.82. The molecule has 33 heavy (non-hydrogen) atoms. The highest BCUT2D eigenvalue weighted by molar-refractivity contribution is 6.42. The van der Waals surface area contributed by atoms with Gasteiger partial charge in [-0.3, -0.25) is 4.79 Å². The molecule has 0 aliphatic rings. The molecule has 3 aromatic carbocycles. The highest BCUT2D eigenvalue weighted by atomic mass is 35.5. The average molecular weight is 487 g/mol. The van der Waals surface area contributed by atoms with E-state index in [1.807, 2.05) is 13.0 Å². The van der Waals surface area contributed by atoms with E-state index in [0.717, 1.165) is 0 Å². The second kappa shape index (κ2) is 11.9. The zero-order valence-corrected chi connectivity index (χ0v) is 19.1. The van der Waals surface area contributed by atoms with E-state index < -0.39 is 11.9 Å². The van der Waals surface area contributed by atoms with Crippen molar-refractivity contribution >= 4 is 41.3 Å². The third-order valence-electron chi connectivity index (χ3n) is 4.16. The summed E-state index contributed by atoms with van der Waals surface area (Å²) in [6, 6.07) is 18.4. The molecule has 0 radical (unpaired) electrons. The summed E-state index contributed by atoms with van der Waals surface area (Å²) in [6.45, 7) is 1.89. The summed E-state index contributed by atoms with van der Waals surface area (Å²) >= 11 is 11.9. The normalized spacial score (nSPS) is 10.6. The Kier molecular flexibility index (Phi) is 8.69. The van der Waals surface area contributed by atoms with Crippen molar-refractivity contribution in [2.24, 2.45) is 5.10 Å². The van der Waals surface area contributed by atoms with Crippen LogP contribution in [0.5, 0.6) is 17.2 Å². The van der Waals surface area contributed by atoms with E-state index in [4.69, 9.17) is 37.4 Å². The van der Waals surface area contributed by atoms with E-state index in [-0.39, 0.29) is 17.4 Å². The molecule has 1 N–H and O–H groups in total. The first kappa shape index (κ1) is 24.1. The number of amides is 1. The van der Waals surface area contributed by atoms with Crippen LogP contribution in [0, 0.1) is 0 Å². The number of hydrogen-bond donors (Lipinski definition) is 1. The lowest BCUT2D eigenvalue weighted by atomic mass is 10.2. The molecule has 0 heterocycles. The number of ether oxygens (including phenoxy) is 3. The number of benzene rings is 3. The molecule has 7 nitrogen and oxygen atoms in total. The first-order valence-electron chi connectivity index (χ1n) is 9.90. The van der Waals surface area contributed by atoms with Crippen molar-refractivity contribution in [3.8, 4) is 17.2 Å². The van der Waals surface area contributed by atoms with Gasteiger partial charge in [0, 0.05) is 0 Å². The summed E-state index contributed by atoms with van der Waals surface area (Å²) in [4.78, 5) is 24.3. The summed E-state index contributed by atoms with van der Waals surface area (Å²) < 4.78 is 16.4. The van der Waals surface area contributed by atoms with Gasteiger partial charge in [0.05, 0.1) is 23.4 Å². The van der Waals surface area contributed by atoms with E-state index in [0.29, 0.717) is 34.3 Å². The van der Waals surface area contributed by atoms with Gasteiger partial charge in [0.25, 0.3) is 5.91 Å². The maximum atomic E-state index is 12.3. The molecule has 0 fully saturated rings. The number of carbonyl (C=O) groups is 2. The number of nitrogens with zero attached hydrogens (tertiary/aromatic N) is 1. The number of hydrazone groups is 1. The third kappa shape index (κ3) is 6.97. The van der Waals surface area contributed by atoms with Crippen LogP contribution < -0.4 is 19.6 Å². The van der Waals surface area contributed by atoms with Gasteiger partial charge in [0.1, 0.15) is 10.8 Å². The van der Waals surface area contributed by atoms with Crippen LogP contribution in [0.1, 0.15) is 22.8 Å². The summed E-state index contributed by atoms with van der Waals surface area (Å²) in [7, 11) is 0. The van der Waals surface area contributed by atoms with Gasteiger partial charge in [-0.15, -0.1) is 0 Å². The number of carbonyl (C=O) groups excluding carboxylic acids is 2. The molecule has 170 valence electrons. The smallest absolute Gasteiger partial charge is 0.343 e. The Balaban J connectivity index is 1.59. The second-order valence-corrected chi connectivity index (χ2v) is 7.31. The van der Waals surface area contributed by atoms with Gasteiger partial charge in [-0.1, -0.05) is 47.5 Å². The Morgan fingerprint density at radius 2 is 1.73 bits per heavy atom. The minimum Gasteiger partial charge on any atom is -0.490 e. The Hall–Kier alpha value is -3.55. The highest BCUT2D eigenvalue weighted by Crippen LogP contribution is 2.31. The molecular weight excluding hydrogens is 467 g/mol. The molecule has 0 spiro atoms. The van der Waals surface area contributed by atoms with Crippen molar-refractivity contribution in [1.82, 2.24) is 5.43 Å². The maximum Gasteiger partial charge on any atom is 0.343 e. The van der Waals surface area contributed by atoms with E-state index in [2.05, 4.69) is 10.5 Å². The molecule has 3 rings (SSSR count). The van der Waals surface area contributed by atoms with Gasteiger partial charge in [0.15, 0.2) is 18.1 Å². The summed E-state index contributed by atoms with van der Waals surface area (Å²) in [5.74, 6) is -0.0363. The molecule has 0 saturated carbocycles. The zero-order valence-electron chi connectivity index (χ0n) is 17.6. The number of hydrogen-bond acceptors (Lipinski definition) is 6. The van der Waals surface area contributed by atoms with Crippen LogP contribution in [0.4, 0.5) is 0 Å². The zero-order chi connectivity index (χ0) is 23.6. The van der Waals surface area contributed by atoms with Crippen LogP contribution in [-0.4, -0.2) is 31.3 Å². The predicted octanol–water partition coefficient (Wildman–Crippen LogP) is 5.14. The van der Waals surface area contributed by atoms with Gasteiger partial charge in [-0.2, -0.15) is 5.10 Å². The molecule has 0 saturated heterocycles. The van der Waals surface area contributed by atoms with Crippen LogP contribution in [0.3, 0.4) is 0 Å². The maximum absolute atomic E-state index is 12.3. The predicted molar refractivity (Wildman–Crippen MR) is 127 cm³/mol. The lowest BCUT2D eigenvalue weighted by Crippen LogP contribution is -2.24. The summed E-state index contributed by atoms with van der Waals surface area (Å²) in [6.07, 6.45) is 1.43. The second-order valence-electron chi connectivity index (χ2n) is 6.53. The van der Waals surface area contributed by atoms with Crippen molar-refractivity contribution in [2.45, 2.75) is 6.92 Å². The fourth-order valence-electron chi connectivity index (χ4n) is 2.64. The fraction of sp³-hybridized carbons (Fsp3) is 0.125.